The molecule has 6 atom stereocenters. The molecule has 14 nitrogen and oxygen atoms in total. The van der Waals surface area contributed by atoms with E-state index in [-0.39, 0.29) is 30.3 Å². The highest BCUT2D eigenvalue weighted by atomic mass is 35.5. The first kappa shape index (κ1) is 24.3. The summed E-state index contributed by atoms with van der Waals surface area (Å²) in [4.78, 5) is 34.9. The predicted octanol–water partition coefficient (Wildman–Crippen LogP) is 2.85. The normalized spacial score (nSPS) is 33.3. The second kappa shape index (κ2) is 8.79. The zero-order valence-corrected chi connectivity index (χ0v) is 20.9. The molecule has 0 radical (unpaired) electrons. The molecule has 37 heavy (non-hydrogen) atoms. The van der Waals surface area contributed by atoms with E-state index in [1.165, 1.54) is 10.9 Å². The number of phosphoric acid groups is 1. The van der Waals surface area contributed by atoms with Crippen LogP contribution >= 0.6 is 19.4 Å². The maximum Gasteiger partial charge on any atom is 0.509 e. The fraction of sp³-hybridized carbons (Fsp3) is 0.429. The molecule has 6 unspecified atom stereocenters. The van der Waals surface area contributed by atoms with Crippen LogP contribution in [0.5, 0.6) is 0 Å². The van der Waals surface area contributed by atoms with Crippen LogP contribution in [0.25, 0.3) is 11.2 Å². The van der Waals surface area contributed by atoms with Crippen LogP contribution in [0.15, 0.2) is 35.4 Å². The molecule has 0 saturated carbocycles. The number of H-pyrrole nitrogens is 1. The van der Waals surface area contributed by atoms with Crippen molar-refractivity contribution in [3.05, 3.63) is 51.5 Å². The largest absolute Gasteiger partial charge is 0.509 e. The van der Waals surface area contributed by atoms with E-state index >= 15 is 0 Å². The molecular weight excluding hydrogens is 533 g/mol. The van der Waals surface area contributed by atoms with Crippen molar-refractivity contribution in [1.82, 2.24) is 19.5 Å². The van der Waals surface area contributed by atoms with Crippen molar-refractivity contribution in [3.63, 3.8) is 0 Å². The van der Waals surface area contributed by atoms with Gasteiger partial charge in [-0.05, 0) is 24.6 Å². The van der Waals surface area contributed by atoms with E-state index in [1.807, 2.05) is 0 Å². The molecule has 2 aromatic heterocycles. The summed E-state index contributed by atoms with van der Waals surface area (Å²) in [5.41, 5.74) is 4.67. The van der Waals surface area contributed by atoms with Gasteiger partial charge in [0.05, 0.1) is 25.6 Å². The van der Waals surface area contributed by atoms with Crippen LogP contribution in [0.1, 0.15) is 31.2 Å². The van der Waals surface area contributed by atoms with E-state index in [2.05, 4.69) is 15.0 Å². The number of hydrogen-bond acceptors (Lipinski definition) is 12. The fourth-order valence-electron chi connectivity index (χ4n) is 4.75. The Balaban J connectivity index is 1.24. The van der Waals surface area contributed by atoms with Crippen molar-refractivity contribution < 1.29 is 37.1 Å². The van der Waals surface area contributed by atoms with Crippen LogP contribution in [0, 0.1) is 0 Å². The summed E-state index contributed by atoms with van der Waals surface area (Å²) in [6.45, 7) is 1.40. The molecular formula is C21H21ClN5O9P. The van der Waals surface area contributed by atoms with E-state index in [4.69, 9.17) is 45.1 Å². The van der Waals surface area contributed by atoms with Crippen molar-refractivity contribution in [3.8, 4) is 0 Å². The number of anilines is 1. The van der Waals surface area contributed by atoms with Gasteiger partial charge in [0.15, 0.2) is 29.1 Å². The van der Waals surface area contributed by atoms with E-state index in [9.17, 15) is 14.2 Å². The lowest BCUT2D eigenvalue weighted by Gasteiger charge is -2.30. The molecule has 5 heterocycles. The minimum Gasteiger partial charge on any atom is -0.424 e. The number of nitrogens with one attached hydrogen (secondary N) is 1. The smallest absolute Gasteiger partial charge is 0.424 e. The highest BCUT2D eigenvalue weighted by Gasteiger charge is 2.64. The lowest BCUT2D eigenvalue weighted by Crippen LogP contribution is -2.42. The fourth-order valence-corrected chi connectivity index (χ4v) is 6.34. The highest BCUT2D eigenvalue weighted by Crippen LogP contribution is 2.58. The van der Waals surface area contributed by atoms with Crippen LogP contribution in [0.3, 0.4) is 0 Å². The quantitative estimate of drug-likeness (QED) is 0.349. The number of nitrogens with two attached hydrogens (primary N) is 1. The number of imidazole rings is 1. The first-order chi connectivity index (χ1) is 17.6. The molecule has 1 aromatic carbocycles. The third kappa shape index (κ3) is 4.19. The van der Waals surface area contributed by atoms with E-state index < -0.39 is 49.7 Å². The van der Waals surface area contributed by atoms with Crippen molar-refractivity contribution in [2.45, 2.75) is 43.5 Å². The monoisotopic (exact) mass is 553 g/mol. The Bertz CT molecular complexity index is 1500. The lowest BCUT2D eigenvalue weighted by atomic mass is 9.96. The average molecular weight is 554 g/mol. The molecule has 0 aliphatic carbocycles. The van der Waals surface area contributed by atoms with Gasteiger partial charge in [0.1, 0.15) is 6.10 Å². The molecule has 196 valence electrons. The summed E-state index contributed by atoms with van der Waals surface area (Å²) in [5, 5.41) is 0.515. The maximum absolute atomic E-state index is 13.3. The van der Waals surface area contributed by atoms with Crippen molar-refractivity contribution in [1.29, 1.82) is 0 Å². The van der Waals surface area contributed by atoms with Crippen LogP contribution in [0.4, 0.5) is 10.7 Å². The second-order valence-corrected chi connectivity index (χ2v) is 10.9. The number of nitrogen functional groups attached to an aromatic ring is 1. The van der Waals surface area contributed by atoms with Crippen LogP contribution < -0.4 is 11.3 Å². The van der Waals surface area contributed by atoms with Gasteiger partial charge < -0.3 is 19.9 Å². The highest BCUT2D eigenvalue weighted by molar-refractivity contribution is 7.48. The number of aromatic nitrogens is 4. The lowest BCUT2D eigenvalue weighted by molar-refractivity contribution is -0.0925. The number of benzene rings is 1. The number of phosphoric ester groups is 1. The van der Waals surface area contributed by atoms with Gasteiger partial charge in [0, 0.05) is 11.4 Å². The first-order valence-corrected chi connectivity index (χ1v) is 13.1. The molecule has 3 N–H and O–H groups in total. The first-order valence-electron chi connectivity index (χ1n) is 11.3. The number of nitrogens with zero attached hydrogens (tertiary/aromatic N) is 3. The molecule has 3 aliphatic rings. The molecule has 0 bridgehead atoms. The number of hydrogen-bond donors (Lipinski definition) is 2. The predicted molar refractivity (Wildman–Crippen MR) is 126 cm³/mol. The van der Waals surface area contributed by atoms with Crippen molar-refractivity contribution >= 4 is 42.7 Å². The Morgan fingerprint density at radius 3 is 3.03 bits per heavy atom. The number of halogens is 1. The summed E-state index contributed by atoms with van der Waals surface area (Å²) in [6.07, 6.45) is -2.63. The second-order valence-electron chi connectivity index (χ2n) is 8.89. The van der Waals surface area contributed by atoms with Gasteiger partial charge in [-0.25, -0.2) is 14.3 Å². The van der Waals surface area contributed by atoms with Gasteiger partial charge in [-0.2, -0.15) is 4.98 Å². The van der Waals surface area contributed by atoms with Gasteiger partial charge >= 0.3 is 14.0 Å². The van der Waals surface area contributed by atoms with Gasteiger partial charge in [0.2, 0.25) is 5.95 Å². The Labute approximate surface area is 213 Å². The Morgan fingerprint density at radius 1 is 1.38 bits per heavy atom. The topological polar surface area (TPSA) is 179 Å². The molecule has 3 aliphatic heterocycles. The zero-order chi connectivity index (χ0) is 25.9. The van der Waals surface area contributed by atoms with Crippen LogP contribution in [-0.2, 0) is 32.3 Å². The molecule has 6 rings (SSSR count). The van der Waals surface area contributed by atoms with Crippen LogP contribution in [-0.4, -0.2) is 56.7 Å². The zero-order valence-electron chi connectivity index (χ0n) is 19.2. The number of rotatable bonds is 5. The molecule has 0 amide bonds. The van der Waals surface area contributed by atoms with Gasteiger partial charge in [-0.3, -0.25) is 27.9 Å². The number of carbonyl (C=O) groups excluding carboxylic acids is 1. The summed E-state index contributed by atoms with van der Waals surface area (Å²) in [7, 11) is -4.01. The Kier molecular flexibility index (Phi) is 5.78. The summed E-state index contributed by atoms with van der Waals surface area (Å²) < 4.78 is 48.3. The molecule has 0 spiro atoms. The molecule has 3 aromatic rings. The van der Waals surface area contributed by atoms with E-state index in [0.29, 0.717) is 11.4 Å². The molecule has 3 fully saturated rings. The van der Waals surface area contributed by atoms with Crippen molar-refractivity contribution in [2.24, 2.45) is 0 Å². The average Bonchev–Trinajstić information content (AvgIpc) is 3.47. The Hall–Kier alpha value is -3.00. The maximum atomic E-state index is 13.3. The van der Waals surface area contributed by atoms with E-state index in [0.717, 1.165) is 5.56 Å². The summed E-state index contributed by atoms with van der Waals surface area (Å²) in [6, 6.07) is 7.01. The van der Waals surface area contributed by atoms with Gasteiger partial charge in [-0.15, -0.1) is 0 Å². The van der Waals surface area contributed by atoms with E-state index in [1.54, 1.807) is 31.2 Å². The number of carbonyl (C=O) groups is 1. The Morgan fingerprint density at radius 2 is 2.22 bits per heavy atom. The number of ether oxygens (including phenoxy) is 3. The SMILES string of the molecule is CC12OC(=O)OC1C(COP1(=O)OCCC(c3cccc(Cl)c3)O1)OC2n1cnc2c(=O)[nH]c(N)nc21. The third-order valence-electron chi connectivity index (χ3n) is 6.43. The standard InChI is InChI=1S/C21H21ClN5O9P/c1-21-15(34-20(29)35-21)13(33-18(21)27-9-24-14-16(27)25-19(23)26-17(14)28)8-32-37(30)31-6-5-12(36-37)10-3-2-4-11(22)7-10/h2-4,7,9,12-13,15,18H,5-6,8H2,1H3,(H3,23,25,26,28). The number of fused-ring (bicyclic) bond motifs is 2. The third-order valence-corrected chi connectivity index (χ3v) is 8.14. The molecule has 3 saturated heterocycles. The minimum absolute atomic E-state index is 0.0170. The molecule has 16 heteroatoms. The minimum atomic E-state index is -4.01. The van der Waals surface area contributed by atoms with Gasteiger partial charge in [-0.1, -0.05) is 23.7 Å². The van der Waals surface area contributed by atoms with Crippen LogP contribution in [0.2, 0.25) is 5.02 Å². The summed E-state index contributed by atoms with van der Waals surface area (Å²) in [5.74, 6) is -0.127. The number of aromatic amines is 1. The van der Waals surface area contributed by atoms with Crippen molar-refractivity contribution in [2.75, 3.05) is 18.9 Å². The summed E-state index contributed by atoms with van der Waals surface area (Å²) >= 11 is 6.07. The van der Waals surface area contributed by atoms with Gasteiger partial charge in [0.25, 0.3) is 5.56 Å².